The van der Waals surface area contributed by atoms with E-state index in [0.29, 0.717) is 6.42 Å². The molecule has 1 aliphatic rings. The molecule has 0 saturated heterocycles. The van der Waals surface area contributed by atoms with Crippen molar-refractivity contribution in [3.05, 3.63) is 60.2 Å². The van der Waals surface area contributed by atoms with Crippen molar-refractivity contribution in [2.75, 3.05) is 4.90 Å². The molecule has 0 atom stereocenters. The molecule has 1 aliphatic heterocycles. The Balaban J connectivity index is 2.15. The molecule has 3 rings (SSSR count). The van der Waals surface area contributed by atoms with Crippen molar-refractivity contribution < 1.29 is 0 Å². The van der Waals surface area contributed by atoms with Crippen LogP contribution in [0.5, 0.6) is 0 Å². The zero-order chi connectivity index (χ0) is 11.9. The van der Waals surface area contributed by atoms with Gasteiger partial charge in [0.25, 0.3) is 0 Å². The number of halogens is 2. The lowest BCUT2D eigenvalue weighted by Crippen LogP contribution is -2.32. The molecule has 0 aliphatic carbocycles. The van der Waals surface area contributed by atoms with Gasteiger partial charge in [0.05, 0.1) is 0 Å². The third kappa shape index (κ3) is 1.80. The summed E-state index contributed by atoms with van der Waals surface area (Å²) >= 11 is 12.8. The number of fused-ring (bicyclic) bond motifs is 1. The van der Waals surface area contributed by atoms with Crippen LogP contribution in [0.25, 0.3) is 0 Å². The van der Waals surface area contributed by atoms with Crippen LogP contribution in [0.2, 0.25) is 0 Å². The summed E-state index contributed by atoms with van der Waals surface area (Å²) in [6, 6.07) is 18.1. The topological polar surface area (TPSA) is 3.24 Å². The molecule has 17 heavy (non-hydrogen) atoms. The lowest BCUT2D eigenvalue weighted by molar-refractivity contribution is 0.837. The number of benzene rings is 2. The second kappa shape index (κ2) is 3.94. The number of nitrogens with zero attached hydrogens (tertiary/aromatic N) is 1. The molecular formula is C14H11Cl2N. The van der Waals surface area contributed by atoms with Gasteiger partial charge in [-0.15, -0.1) is 0 Å². The maximum atomic E-state index is 6.42. The predicted molar refractivity (Wildman–Crippen MR) is 73.2 cm³/mol. The van der Waals surface area contributed by atoms with Crippen molar-refractivity contribution in [3.8, 4) is 0 Å². The van der Waals surface area contributed by atoms with Crippen LogP contribution in [0.1, 0.15) is 5.56 Å². The molecule has 2 aromatic rings. The molecule has 86 valence electrons. The summed E-state index contributed by atoms with van der Waals surface area (Å²) in [4.78, 5) is 1.98. The number of anilines is 2. The summed E-state index contributed by atoms with van der Waals surface area (Å²) in [5, 5.41) is 0. The number of para-hydroxylation sites is 2. The molecule has 0 fully saturated rings. The van der Waals surface area contributed by atoms with E-state index in [0.717, 1.165) is 11.4 Å². The van der Waals surface area contributed by atoms with Gasteiger partial charge in [-0.2, -0.15) is 0 Å². The summed E-state index contributed by atoms with van der Waals surface area (Å²) in [6.45, 7) is 0. The van der Waals surface area contributed by atoms with E-state index in [1.165, 1.54) is 5.56 Å². The van der Waals surface area contributed by atoms with Crippen molar-refractivity contribution in [2.45, 2.75) is 10.9 Å². The third-order valence-corrected chi connectivity index (χ3v) is 3.58. The minimum absolute atomic E-state index is 0.640. The van der Waals surface area contributed by atoms with Crippen molar-refractivity contribution in [2.24, 2.45) is 0 Å². The van der Waals surface area contributed by atoms with Gasteiger partial charge in [0.1, 0.15) is 0 Å². The number of alkyl halides is 2. The summed E-state index contributed by atoms with van der Waals surface area (Å²) in [7, 11) is 0. The first-order chi connectivity index (χ1) is 8.18. The molecule has 3 heteroatoms. The molecule has 0 unspecified atom stereocenters. The fourth-order valence-corrected chi connectivity index (χ4v) is 2.93. The summed E-state index contributed by atoms with van der Waals surface area (Å²) in [5.41, 5.74) is 3.28. The normalized spacial score (nSPS) is 16.9. The Hall–Kier alpha value is -1.18. The van der Waals surface area contributed by atoms with Crippen LogP contribution in [0.4, 0.5) is 11.4 Å². The smallest absolute Gasteiger partial charge is 0.198 e. The van der Waals surface area contributed by atoms with Gasteiger partial charge >= 0.3 is 0 Å². The van der Waals surface area contributed by atoms with Crippen molar-refractivity contribution in [1.29, 1.82) is 0 Å². The van der Waals surface area contributed by atoms with E-state index in [4.69, 9.17) is 23.2 Å². The summed E-state index contributed by atoms with van der Waals surface area (Å²) in [6.07, 6.45) is 0.640. The van der Waals surface area contributed by atoms with Gasteiger partial charge in [-0.3, -0.25) is 0 Å². The number of hydrogen-bond acceptors (Lipinski definition) is 1. The Bertz CT molecular complexity index is 537. The summed E-state index contributed by atoms with van der Waals surface area (Å²) in [5.74, 6) is 0. The maximum Gasteiger partial charge on any atom is 0.198 e. The zero-order valence-corrected chi connectivity index (χ0v) is 10.6. The van der Waals surface area contributed by atoms with Gasteiger partial charge in [-0.05, 0) is 23.8 Å². The van der Waals surface area contributed by atoms with Crippen LogP contribution < -0.4 is 4.90 Å². The van der Waals surface area contributed by atoms with E-state index < -0.39 is 4.46 Å². The number of hydrogen-bond donors (Lipinski definition) is 0. The quantitative estimate of drug-likeness (QED) is 0.541. The zero-order valence-electron chi connectivity index (χ0n) is 9.11. The van der Waals surface area contributed by atoms with E-state index >= 15 is 0 Å². The lowest BCUT2D eigenvalue weighted by Gasteiger charge is -2.29. The van der Waals surface area contributed by atoms with Gasteiger partial charge in [-0.1, -0.05) is 59.6 Å². The van der Waals surface area contributed by atoms with Crippen LogP contribution in [0.3, 0.4) is 0 Å². The highest BCUT2D eigenvalue weighted by Gasteiger charge is 2.41. The Kier molecular flexibility index (Phi) is 2.53. The minimum atomic E-state index is -0.898. The van der Waals surface area contributed by atoms with Gasteiger partial charge in [0.15, 0.2) is 4.46 Å². The molecule has 1 nitrogen and oxygen atoms in total. The van der Waals surface area contributed by atoms with Crippen LogP contribution in [0.15, 0.2) is 54.6 Å². The first-order valence-corrected chi connectivity index (χ1v) is 6.25. The van der Waals surface area contributed by atoms with Crippen LogP contribution in [0, 0.1) is 0 Å². The largest absolute Gasteiger partial charge is 0.309 e. The Morgan fingerprint density at radius 3 is 2.29 bits per heavy atom. The summed E-state index contributed by atoms with van der Waals surface area (Å²) < 4.78 is -0.898. The molecule has 0 N–H and O–H groups in total. The van der Waals surface area contributed by atoms with E-state index in [-0.39, 0.29) is 0 Å². The fourth-order valence-electron chi connectivity index (χ4n) is 2.27. The van der Waals surface area contributed by atoms with Gasteiger partial charge in [0.2, 0.25) is 0 Å². The average Bonchev–Trinajstić information content (AvgIpc) is 2.60. The Labute approximate surface area is 111 Å². The SMILES string of the molecule is ClC1(Cl)Cc2ccccc2N1c1ccccc1. The Morgan fingerprint density at radius 1 is 0.882 bits per heavy atom. The van der Waals surface area contributed by atoms with Crippen LogP contribution in [-0.2, 0) is 6.42 Å². The first kappa shape index (κ1) is 10.9. The van der Waals surface area contributed by atoms with Gasteiger partial charge in [-0.25, -0.2) is 0 Å². The lowest BCUT2D eigenvalue weighted by atomic mass is 10.2. The second-order valence-corrected chi connectivity index (χ2v) is 5.59. The van der Waals surface area contributed by atoms with Gasteiger partial charge < -0.3 is 4.90 Å². The standard InChI is InChI=1S/C14H11Cl2N/c15-14(16)10-11-6-4-5-9-13(11)17(14)12-7-2-1-3-8-12/h1-9H,10H2. The van der Waals surface area contributed by atoms with E-state index in [9.17, 15) is 0 Å². The molecule has 0 amide bonds. The molecule has 0 aromatic heterocycles. The monoisotopic (exact) mass is 263 g/mol. The number of rotatable bonds is 1. The molecule has 0 radical (unpaired) electrons. The molecule has 0 spiro atoms. The highest BCUT2D eigenvalue weighted by Crippen LogP contribution is 2.48. The van der Waals surface area contributed by atoms with Crippen LogP contribution >= 0.6 is 23.2 Å². The Morgan fingerprint density at radius 2 is 1.53 bits per heavy atom. The highest BCUT2D eigenvalue weighted by atomic mass is 35.5. The molecule has 0 saturated carbocycles. The average molecular weight is 264 g/mol. The second-order valence-electron chi connectivity index (χ2n) is 4.14. The highest BCUT2D eigenvalue weighted by molar-refractivity contribution is 6.50. The third-order valence-electron chi connectivity index (χ3n) is 2.98. The minimum Gasteiger partial charge on any atom is -0.309 e. The first-order valence-electron chi connectivity index (χ1n) is 5.49. The molecular weight excluding hydrogens is 253 g/mol. The van der Waals surface area contributed by atoms with E-state index in [1.807, 2.05) is 47.4 Å². The molecule has 0 bridgehead atoms. The molecule has 1 heterocycles. The van der Waals surface area contributed by atoms with Crippen LogP contribution in [-0.4, -0.2) is 4.46 Å². The van der Waals surface area contributed by atoms with Crippen molar-refractivity contribution in [1.82, 2.24) is 0 Å². The van der Waals surface area contributed by atoms with Gasteiger partial charge in [0, 0.05) is 17.8 Å². The molecule has 2 aromatic carbocycles. The fraction of sp³-hybridized carbons (Fsp3) is 0.143. The predicted octanol–water partition coefficient (Wildman–Crippen LogP) is 4.51. The van der Waals surface area contributed by atoms with E-state index in [2.05, 4.69) is 12.1 Å². The maximum absolute atomic E-state index is 6.42. The van der Waals surface area contributed by atoms with Crippen molar-refractivity contribution in [3.63, 3.8) is 0 Å². The van der Waals surface area contributed by atoms with E-state index in [1.54, 1.807) is 0 Å². The van der Waals surface area contributed by atoms with Crippen molar-refractivity contribution >= 4 is 34.6 Å².